The number of nitrogens with zero attached hydrogens (tertiary/aromatic N) is 2. The number of ether oxygens (including phenoxy) is 1. The zero-order valence-corrected chi connectivity index (χ0v) is 6.53. The van der Waals surface area contributed by atoms with Gasteiger partial charge in [0.15, 0.2) is 0 Å². The summed E-state index contributed by atoms with van der Waals surface area (Å²) in [7, 11) is 1.51. The molecule has 1 aromatic heterocycles. The number of aryl methyl sites for hydroxylation is 1. The highest BCUT2D eigenvalue weighted by molar-refractivity contribution is 5.16. The second-order valence-electron chi connectivity index (χ2n) is 2.13. The van der Waals surface area contributed by atoms with Gasteiger partial charge in [-0.15, -0.1) is 0 Å². The number of rotatable bonds is 2. The van der Waals surface area contributed by atoms with Gasteiger partial charge in [0, 0.05) is 11.8 Å². The van der Waals surface area contributed by atoms with Crippen molar-refractivity contribution in [2.75, 3.05) is 7.11 Å². The first-order valence-corrected chi connectivity index (χ1v) is 3.25. The standard InChI is InChI=1S/C7H10N2O2/c1-5-6(4-10)3-8-7(9-5)11-2/h3,10H,4H2,1-2H3. The van der Waals surface area contributed by atoms with Crippen molar-refractivity contribution >= 4 is 0 Å². The third kappa shape index (κ3) is 1.65. The highest BCUT2D eigenvalue weighted by atomic mass is 16.5. The minimum absolute atomic E-state index is 0.0319. The summed E-state index contributed by atoms with van der Waals surface area (Å²) >= 11 is 0. The molecule has 0 saturated carbocycles. The minimum Gasteiger partial charge on any atom is -0.467 e. The van der Waals surface area contributed by atoms with Crippen LogP contribution in [0.3, 0.4) is 0 Å². The molecule has 0 spiro atoms. The largest absolute Gasteiger partial charge is 0.467 e. The van der Waals surface area contributed by atoms with E-state index in [1.54, 1.807) is 13.1 Å². The maximum atomic E-state index is 8.76. The van der Waals surface area contributed by atoms with Gasteiger partial charge in [-0.25, -0.2) is 9.97 Å². The fraction of sp³-hybridized carbons (Fsp3) is 0.429. The minimum atomic E-state index is -0.0319. The zero-order valence-electron chi connectivity index (χ0n) is 6.53. The monoisotopic (exact) mass is 154 g/mol. The summed E-state index contributed by atoms with van der Waals surface area (Å²) in [5, 5.41) is 8.76. The summed E-state index contributed by atoms with van der Waals surface area (Å²) in [5.74, 6) is 0. The topological polar surface area (TPSA) is 55.2 Å². The molecule has 1 rings (SSSR count). The van der Waals surface area contributed by atoms with Gasteiger partial charge in [-0.05, 0) is 6.92 Å². The summed E-state index contributed by atoms with van der Waals surface area (Å²) in [5.41, 5.74) is 1.48. The molecule has 0 saturated heterocycles. The molecule has 0 aliphatic carbocycles. The number of aromatic nitrogens is 2. The van der Waals surface area contributed by atoms with E-state index in [1.165, 1.54) is 7.11 Å². The molecule has 0 aromatic carbocycles. The van der Waals surface area contributed by atoms with Crippen molar-refractivity contribution in [1.82, 2.24) is 9.97 Å². The molecule has 4 nitrogen and oxygen atoms in total. The highest BCUT2D eigenvalue weighted by Gasteiger charge is 2.00. The van der Waals surface area contributed by atoms with Gasteiger partial charge in [0.25, 0.3) is 0 Å². The Morgan fingerprint density at radius 2 is 2.36 bits per heavy atom. The molecule has 1 heterocycles. The van der Waals surface area contributed by atoms with Gasteiger partial charge >= 0.3 is 6.01 Å². The fourth-order valence-corrected chi connectivity index (χ4v) is 0.724. The molecule has 0 aliphatic rings. The van der Waals surface area contributed by atoms with Gasteiger partial charge in [0.1, 0.15) is 0 Å². The van der Waals surface area contributed by atoms with Crippen LogP contribution in [0.1, 0.15) is 11.3 Å². The maximum absolute atomic E-state index is 8.76. The molecule has 0 unspecified atom stereocenters. The summed E-state index contributed by atoms with van der Waals surface area (Å²) in [6.07, 6.45) is 1.56. The van der Waals surface area contributed by atoms with Gasteiger partial charge in [-0.2, -0.15) is 0 Å². The molecule has 60 valence electrons. The van der Waals surface area contributed by atoms with E-state index >= 15 is 0 Å². The first-order chi connectivity index (χ1) is 5.27. The van der Waals surface area contributed by atoms with E-state index in [-0.39, 0.29) is 6.61 Å². The average molecular weight is 154 g/mol. The summed E-state index contributed by atoms with van der Waals surface area (Å²) in [4.78, 5) is 7.80. The predicted molar refractivity (Wildman–Crippen MR) is 39.2 cm³/mol. The summed E-state index contributed by atoms with van der Waals surface area (Å²) < 4.78 is 4.79. The van der Waals surface area contributed by atoms with Crippen LogP contribution in [-0.2, 0) is 6.61 Å². The average Bonchev–Trinajstić information content (AvgIpc) is 2.04. The van der Waals surface area contributed by atoms with Crippen LogP contribution in [0.25, 0.3) is 0 Å². The molecule has 0 fully saturated rings. The number of hydrogen-bond donors (Lipinski definition) is 1. The Balaban J connectivity index is 2.99. The first kappa shape index (κ1) is 7.94. The van der Waals surface area contributed by atoms with E-state index in [0.717, 1.165) is 11.3 Å². The number of hydrogen-bond acceptors (Lipinski definition) is 4. The lowest BCUT2D eigenvalue weighted by atomic mass is 10.3. The predicted octanol–water partition coefficient (Wildman–Crippen LogP) is 0.286. The van der Waals surface area contributed by atoms with Gasteiger partial charge < -0.3 is 9.84 Å². The van der Waals surface area contributed by atoms with Crippen molar-refractivity contribution < 1.29 is 9.84 Å². The van der Waals surface area contributed by atoms with Crippen molar-refractivity contribution in [3.63, 3.8) is 0 Å². The molecule has 11 heavy (non-hydrogen) atoms. The van der Waals surface area contributed by atoms with Crippen molar-refractivity contribution in [1.29, 1.82) is 0 Å². The number of methoxy groups -OCH3 is 1. The van der Waals surface area contributed by atoms with Gasteiger partial charge in [0.2, 0.25) is 0 Å². The first-order valence-electron chi connectivity index (χ1n) is 3.25. The molecule has 0 amide bonds. The van der Waals surface area contributed by atoms with E-state index in [4.69, 9.17) is 9.84 Å². The van der Waals surface area contributed by atoms with Crippen LogP contribution < -0.4 is 4.74 Å². The summed E-state index contributed by atoms with van der Waals surface area (Å²) in [6.45, 7) is 1.77. The molecule has 0 atom stereocenters. The molecule has 0 bridgehead atoms. The molecule has 0 radical (unpaired) electrons. The third-order valence-corrected chi connectivity index (χ3v) is 1.41. The quantitative estimate of drug-likeness (QED) is 0.665. The number of aliphatic hydroxyl groups excluding tert-OH is 1. The van der Waals surface area contributed by atoms with Crippen LogP contribution in [0.5, 0.6) is 6.01 Å². The Labute approximate surface area is 64.9 Å². The van der Waals surface area contributed by atoms with E-state index < -0.39 is 0 Å². The lowest BCUT2D eigenvalue weighted by Crippen LogP contribution is -1.98. The van der Waals surface area contributed by atoms with Gasteiger partial charge in [-0.3, -0.25) is 0 Å². The van der Waals surface area contributed by atoms with Crippen LogP contribution in [0.2, 0.25) is 0 Å². The van der Waals surface area contributed by atoms with Crippen molar-refractivity contribution in [3.05, 3.63) is 17.5 Å². The van der Waals surface area contributed by atoms with Crippen LogP contribution in [0.15, 0.2) is 6.20 Å². The van der Waals surface area contributed by atoms with E-state index in [0.29, 0.717) is 6.01 Å². The van der Waals surface area contributed by atoms with E-state index in [9.17, 15) is 0 Å². The van der Waals surface area contributed by atoms with Crippen LogP contribution in [0, 0.1) is 6.92 Å². The van der Waals surface area contributed by atoms with Crippen molar-refractivity contribution in [2.24, 2.45) is 0 Å². The Morgan fingerprint density at radius 1 is 1.64 bits per heavy atom. The van der Waals surface area contributed by atoms with Crippen LogP contribution >= 0.6 is 0 Å². The smallest absolute Gasteiger partial charge is 0.316 e. The molecular weight excluding hydrogens is 144 g/mol. The van der Waals surface area contributed by atoms with E-state index in [1.807, 2.05) is 0 Å². The Hall–Kier alpha value is -1.16. The second-order valence-corrected chi connectivity index (χ2v) is 2.13. The third-order valence-electron chi connectivity index (χ3n) is 1.41. The van der Waals surface area contributed by atoms with Crippen molar-refractivity contribution in [3.8, 4) is 6.01 Å². The lowest BCUT2D eigenvalue weighted by molar-refractivity contribution is 0.278. The van der Waals surface area contributed by atoms with Gasteiger partial charge in [-0.1, -0.05) is 0 Å². The van der Waals surface area contributed by atoms with Crippen LogP contribution in [0.4, 0.5) is 0 Å². The SMILES string of the molecule is COc1ncc(CO)c(C)n1. The maximum Gasteiger partial charge on any atom is 0.316 e. The van der Waals surface area contributed by atoms with Crippen LogP contribution in [-0.4, -0.2) is 22.2 Å². The molecular formula is C7H10N2O2. The zero-order chi connectivity index (χ0) is 8.27. The Bertz CT molecular complexity index is 250. The van der Waals surface area contributed by atoms with E-state index in [2.05, 4.69) is 9.97 Å². The van der Waals surface area contributed by atoms with Gasteiger partial charge in [0.05, 0.1) is 19.4 Å². The summed E-state index contributed by atoms with van der Waals surface area (Å²) in [6, 6.07) is 0.333. The molecule has 1 N–H and O–H groups in total. The number of aliphatic hydroxyl groups is 1. The normalized spacial score (nSPS) is 9.73. The fourth-order valence-electron chi connectivity index (χ4n) is 0.724. The highest BCUT2D eigenvalue weighted by Crippen LogP contribution is 2.07. The Kier molecular flexibility index (Phi) is 2.38. The van der Waals surface area contributed by atoms with Crippen molar-refractivity contribution in [2.45, 2.75) is 13.5 Å². The molecule has 1 aromatic rings. The molecule has 4 heteroatoms. The molecule has 0 aliphatic heterocycles. The Morgan fingerprint density at radius 3 is 2.82 bits per heavy atom. The second kappa shape index (κ2) is 3.30. The lowest BCUT2D eigenvalue weighted by Gasteiger charge is -2.01.